The van der Waals surface area contributed by atoms with Crippen LogP contribution in [0.4, 0.5) is 0 Å². The molecule has 0 atom stereocenters. The Bertz CT molecular complexity index is 550. The Morgan fingerprint density at radius 2 is 1.80 bits per heavy atom. The van der Waals surface area contributed by atoms with E-state index in [1.54, 1.807) is 11.8 Å². The van der Waals surface area contributed by atoms with Crippen molar-refractivity contribution in [2.45, 2.75) is 64.5 Å². The molecular weight excluding hydrogens is 268 g/mol. The van der Waals surface area contributed by atoms with Crippen LogP contribution in [-0.4, -0.2) is 25.3 Å². The van der Waals surface area contributed by atoms with Crippen LogP contribution in [0.25, 0.3) is 5.78 Å². The molecule has 0 aliphatic carbocycles. The SMILES string of the molecule is CCCCCCCCSc1nc2nc(C)cc(C)n2n1. The lowest BCUT2D eigenvalue weighted by atomic mass is 10.1. The second-order valence-corrected chi connectivity index (χ2v) is 6.32. The molecule has 0 unspecified atom stereocenters. The van der Waals surface area contributed by atoms with Crippen molar-refractivity contribution in [3.8, 4) is 0 Å². The summed E-state index contributed by atoms with van der Waals surface area (Å²) < 4.78 is 1.83. The molecule has 4 nitrogen and oxygen atoms in total. The van der Waals surface area contributed by atoms with Crippen LogP contribution >= 0.6 is 11.8 Å². The van der Waals surface area contributed by atoms with Crippen LogP contribution in [0.15, 0.2) is 11.2 Å². The van der Waals surface area contributed by atoms with Gasteiger partial charge in [-0.2, -0.15) is 4.98 Å². The summed E-state index contributed by atoms with van der Waals surface area (Å²) in [6, 6.07) is 2.03. The van der Waals surface area contributed by atoms with Crippen LogP contribution in [-0.2, 0) is 0 Å². The van der Waals surface area contributed by atoms with E-state index in [9.17, 15) is 0 Å². The Labute approximate surface area is 125 Å². The highest BCUT2D eigenvalue weighted by Gasteiger charge is 2.07. The quantitative estimate of drug-likeness (QED) is 0.540. The Hall–Kier alpha value is -1.10. The predicted octanol–water partition coefficient (Wildman–Crippen LogP) is 4.19. The maximum Gasteiger partial charge on any atom is 0.253 e. The molecule has 2 aromatic rings. The molecule has 2 rings (SSSR count). The molecule has 0 aliphatic rings. The maximum atomic E-state index is 4.51. The van der Waals surface area contributed by atoms with E-state index in [1.807, 2.05) is 24.4 Å². The van der Waals surface area contributed by atoms with E-state index >= 15 is 0 Å². The molecule has 0 N–H and O–H groups in total. The summed E-state index contributed by atoms with van der Waals surface area (Å²) in [7, 11) is 0. The fraction of sp³-hybridized carbons (Fsp3) is 0.667. The molecule has 20 heavy (non-hydrogen) atoms. The number of thioether (sulfide) groups is 1. The minimum atomic E-state index is 0.716. The zero-order valence-corrected chi connectivity index (χ0v) is 13.5. The van der Waals surface area contributed by atoms with E-state index in [4.69, 9.17) is 0 Å². The van der Waals surface area contributed by atoms with Gasteiger partial charge >= 0.3 is 0 Å². The molecular formula is C15H24N4S. The Morgan fingerprint density at radius 1 is 1.05 bits per heavy atom. The lowest BCUT2D eigenvalue weighted by molar-refractivity contribution is 0.627. The van der Waals surface area contributed by atoms with Gasteiger partial charge in [-0.3, -0.25) is 0 Å². The molecule has 0 amide bonds. The summed E-state index contributed by atoms with van der Waals surface area (Å²) in [4.78, 5) is 8.90. The number of unbranched alkanes of at least 4 members (excludes halogenated alkanes) is 5. The Kier molecular flexibility index (Phi) is 5.83. The number of nitrogens with zero attached hydrogens (tertiary/aromatic N) is 4. The molecule has 0 radical (unpaired) electrons. The van der Waals surface area contributed by atoms with Crippen molar-refractivity contribution in [3.05, 3.63) is 17.5 Å². The molecule has 0 saturated carbocycles. The van der Waals surface area contributed by atoms with Gasteiger partial charge < -0.3 is 0 Å². The third-order valence-electron chi connectivity index (χ3n) is 3.33. The van der Waals surface area contributed by atoms with E-state index in [0.717, 1.165) is 22.3 Å². The van der Waals surface area contributed by atoms with E-state index in [0.29, 0.717) is 5.78 Å². The summed E-state index contributed by atoms with van der Waals surface area (Å²) in [6.07, 6.45) is 7.96. The summed E-state index contributed by atoms with van der Waals surface area (Å²) in [5, 5.41) is 5.35. The highest BCUT2D eigenvalue weighted by molar-refractivity contribution is 7.99. The maximum absolute atomic E-state index is 4.51. The first-order valence-corrected chi connectivity index (χ1v) is 8.53. The largest absolute Gasteiger partial charge is 0.253 e. The van der Waals surface area contributed by atoms with Crippen molar-refractivity contribution >= 4 is 17.5 Å². The lowest BCUT2D eigenvalue weighted by Crippen LogP contribution is -1.97. The molecule has 2 aromatic heterocycles. The van der Waals surface area contributed by atoms with E-state index in [-0.39, 0.29) is 0 Å². The van der Waals surface area contributed by atoms with Crippen molar-refractivity contribution < 1.29 is 0 Å². The van der Waals surface area contributed by atoms with E-state index < -0.39 is 0 Å². The average molecular weight is 292 g/mol. The number of hydrogen-bond donors (Lipinski definition) is 0. The van der Waals surface area contributed by atoms with Gasteiger partial charge in [-0.25, -0.2) is 9.50 Å². The molecule has 5 heteroatoms. The Morgan fingerprint density at radius 3 is 2.60 bits per heavy atom. The lowest BCUT2D eigenvalue weighted by Gasteiger charge is -1.99. The van der Waals surface area contributed by atoms with Gasteiger partial charge in [0.05, 0.1) is 0 Å². The highest BCUT2D eigenvalue weighted by atomic mass is 32.2. The topological polar surface area (TPSA) is 43.1 Å². The molecule has 0 saturated heterocycles. The van der Waals surface area contributed by atoms with Gasteiger partial charge in [0.25, 0.3) is 5.78 Å². The van der Waals surface area contributed by atoms with Gasteiger partial charge in [-0.1, -0.05) is 50.8 Å². The van der Waals surface area contributed by atoms with Crippen LogP contribution in [0, 0.1) is 13.8 Å². The highest BCUT2D eigenvalue weighted by Crippen LogP contribution is 2.17. The second kappa shape index (κ2) is 7.62. The van der Waals surface area contributed by atoms with Crippen LogP contribution in [0.2, 0.25) is 0 Å². The van der Waals surface area contributed by atoms with Gasteiger partial charge in [-0.05, 0) is 26.3 Å². The number of rotatable bonds is 8. The first-order chi connectivity index (χ1) is 9.70. The zero-order valence-electron chi connectivity index (χ0n) is 12.7. The standard InChI is InChI=1S/C15H24N4S/c1-4-5-6-7-8-9-10-20-15-17-14-16-12(2)11-13(3)19(14)18-15/h11H,4-10H2,1-3H3. The normalized spacial score (nSPS) is 11.3. The Balaban J connectivity index is 1.80. The minimum absolute atomic E-state index is 0.716. The van der Waals surface area contributed by atoms with Gasteiger partial charge in [0.1, 0.15) is 0 Å². The van der Waals surface area contributed by atoms with Gasteiger partial charge in [0, 0.05) is 17.1 Å². The molecule has 110 valence electrons. The van der Waals surface area contributed by atoms with Gasteiger partial charge in [-0.15, -0.1) is 5.10 Å². The molecule has 0 aliphatic heterocycles. The van der Waals surface area contributed by atoms with Gasteiger partial charge in [0.15, 0.2) is 0 Å². The summed E-state index contributed by atoms with van der Waals surface area (Å²) >= 11 is 1.74. The number of fused-ring (bicyclic) bond motifs is 1. The molecule has 0 bridgehead atoms. The molecule has 0 spiro atoms. The van der Waals surface area contributed by atoms with Crippen LogP contribution in [0.5, 0.6) is 0 Å². The fourth-order valence-electron chi connectivity index (χ4n) is 2.25. The second-order valence-electron chi connectivity index (χ2n) is 5.26. The van der Waals surface area contributed by atoms with E-state index in [2.05, 4.69) is 22.0 Å². The average Bonchev–Trinajstić information content (AvgIpc) is 2.81. The summed E-state index contributed by atoms with van der Waals surface area (Å²) in [5.74, 6) is 1.81. The first kappa shape index (κ1) is 15.3. The summed E-state index contributed by atoms with van der Waals surface area (Å²) in [5.41, 5.74) is 2.08. The van der Waals surface area contributed by atoms with Crippen molar-refractivity contribution in [3.63, 3.8) is 0 Å². The fourth-order valence-corrected chi connectivity index (χ4v) is 3.07. The van der Waals surface area contributed by atoms with Crippen molar-refractivity contribution in [2.75, 3.05) is 5.75 Å². The summed E-state index contributed by atoms with van der Waals surface area (Å²) in [6.45, 7) is 6.28. The predicted molar refractivity (Wildman–Crippen MR) is 84.4 cm³/mol. The molecule has 0 aromatic carbocycles. The van der Waals surface area contributed by atoms with Crippen molar-refractivity contribution in [2.24, 2.45) is 0 Å². The van der Waals surface area contributed by atoms with E-state index in [1.165, 1.54) is 38.5 Å². The van der Waals surface area contributed by atoms with Crippen molar-refractivity contribution in [1.29, 1.82) is 0 Å². The zero-order chi connectivity index (χ0) is 14.4. The third-order valence-corrected chi connectivity index (χ3v) is 4.25. The first-order valence-electron chi connectivity index (χ1n) is 7.54. The molecule has 2 heterocycles. The van der Waals surface area contributed by atoms with Crippen molar-refractivity contribution in [1.82, 2.24) is 19.6 Å². The number of aryl methyl sites for hydroxylation is 2. The van der Waals surface area contributed by atoms with Crippen LogP contribution in [0.1, 0.15) is 56.8 Å². The minimum Gasteiger partial charge on any atom is -0.216 e. The van der Waals surface area contributed by atoms with Crippen LogP contribution in [0.3, 0.4) is 0 Å². The number of hydrogen-bond acceptors (Lipinski definition) is 4. The number of aromatic nitrogens is 4. The smallest absolute Gasteiger partial charge is 0.216 e. The van der Waals surface area contributed by atoms with Crippen LogP contribution < -0.4 is 0 Å². The van der Waals surface area contributed by atoms with Gasteiger partial charge in [0.2, 0.25) is 5.16 Å². The third kappa shape index (κ3) is 4.20. The molecule has 0 fully saturated rings. The monoisotopic (exact) mass is 292 g/mol.